The maximum Gasteiger partial charge on any atom is 0.322 e. The molecule has 1 fully saturated rings. The first kappa shape index (κ1) is 12.7. The minimum Gasteiger partial charge on any atom is -0.468 e. The lowest BCUT2D eigenvalue weighted by molar-refractivity contribution is -0.142. The Hall–Kier alpha value is -1.75. The lowest BCUT2D eigenvalue weighted by atomic mass is 9.95. The van der Waals surface area contributed by atoms with Crippen LogP contribution in [0, 0.1) is 11.7 Å². The van der Waals surface area contributed by atoms with E-state index >= 15 is 0 Å². The molecule has 2 rings (SSSR count). The number of Topliss-reactive ketones (excluding diaryl/α,β-unsaturated/α-hetero) is 1. The highest BCUT2D eigenvalue weighted by Crippen LogP contribution is 2.20. The van der Waals surface area contributed by atoms with Gasteiger partial charge in [-0.2, -0.15) is 0 Å². The normalized spacial score (nSPS) is 22.8. The second-order valence-corrected chi connectivity index (χ2v) is 4.29. The fourth-order valence-electron chi connectivity index (χ4n) is 2.11. The molecule has 96 valence electrons. The van der Waals surface area contributed by atoms with Crippen LogP contribution in [0.3, 0.4) is 0 Å². The number of nitrogens with one attached hydrogen (secondary N) is 1. The molecule has 5 heteroatoms. The standard InChI is InChI=1S/C13H14FNO3/c1-18-13(17)11-6-9(7-15-11)12(16)8-2-4-10(14)5-3-8/h2-5,9,11,15H,6-7H2,1H3. The predicted octanol–water partition coefficient (Wildman–Crippen LogP) is 1.16. The summed E-state index contributed by atoms with van der Waals surface area (Å²) < 4.78 is 17.4. The van der Waals surface area contributed by atoms with Crippen LogP contribution in [0.25, 0.3) is 0 Å². The number of ether oxygens (including phenoxy) is 1. The maximum atomic E-state index is 12.8. The van der Waals surface area contributed by atoms with E-state index in [0.29, 0.717) is 18.5 Å². The largest absolute Gasteiger partial charge is 0.468 e. The molecular formula is C13H14FNO3. The van der Waals surface area contributed by atoms with Crippen LogP contribution in [0.5, 0.6) is 0 Å². The zero-order valence-corrected chi connectivity index (χ0v) is 9.98. The van der Waals surface area contributed by atoms with Crippen LogP contribution in [-0.4, -0.2) is 31.4 Å². The lowest BCUT2D eigenvalue weighted by Crippen LogP contribution is -2.31. The van der Waals surface area contributed by atoms with Gasteiger partial charge in [0.2, 0.25) is 0 Å². The number of hydrogen-bond acceptors (Lipinski definition) is 4. The summed E-state index contributed by atoms with van der Waals surface area (Å²) in [5.41, 5.74) is 0.466. The summed E-state index contributed by atoms with van der Waals surface area (Å²) in [6.07, 6.45) is 0.420. The highest BCUT2D eigenvalue weighted by molar-refractivity contribution is 5.98. The van der Waals surface area contributed by atoms with Gasteiger partial charge in [0.1, 0.15) is 11.9 Å². The van der Waals surface area contributed by atoms with Crippen molar-refractivity contribution in [3.63, 3.8) is 0 Å². The minimum atomic E-state index is -0.426. The molecule has 0 aliphatic carbocycles. The van der Waals surface area contributed by atoms with E-state index in [2.05, 4.69) is 10.1 Å². The summed E-state index contributed by atoms with van der Waals surface area (Å²) >= 11 is 0. The van der Waals surface area contributed by atoms with Crippen LogP contribution in [-0.2, 0) is 9.53 Å². The first-order valence-electron chi connectivity index (χ1n) is 5.73. The first-order valence-corrected chi connectivity index (χ1v) is 5.73. The van der Waals surface area contributed by atoms with Crippen molar-refractivity contribution >= 4 is 11.8 Å². The molecule has 1 aliphatic heterocycles. The Morgan fingerprint density at radius 1 is 1.33 bits per heavy atom. The molecule has 1 aliphatic rings. The molecule has 0 radical (unpaired) electrons. The number of carbonyl (C=O) groups excluding carboxylic acids is 2. The van der Waals surface area contributed by atoms with E-state index in [1.807, 2.05) is 0 Å². The lowest BCUT2D eigenvalue weighted by Gasteiger charge is -2.08. The number of hydrogen-bond donors (Lipinski definition) is 1. The third-order valence-corrected chi connectivity index (χ3v) is 3.12. The van der Waals surface area contributed by atoms with Crippen molar-refractivity contribution in [2.24, 2.45) is 5.92 Å². The summed E-state index contributed by atoms with van der Waals surface area (Å²) in [5.74, 6) is -1.07. The van der Waals surface area contributed by atoms with Crippen molar-refractivity contribution in [3.8, 4) is 0 Å². The molecule has 2 atom stereocenters. The molecular weight excluding hydrogens is 237 g/mol. The number of methoxy groups -OCH3 is 1. The minimum absolute atomic E-state index is 0.0751. The van der Waals surface area contributed by atoms with Crippen LogP contribution in [0.2, 0.25) is 0 Å². The Balaban J connectivity index is 2.03. The van der Waals surface area contributed by atoms with Gasteiger partial charge in [-0.05, 0) is 30.7 Å². The van der Waals surface area contributed by atoms with Crippen molar-refractivity contribution in [1.82, 2.24) is 5.32 Å². The monoisotopic (exact) mass is 251 g/mol. The Kier molecular flexibility index (Phi) is 3.72. The molecule has 1 N–H and O–H groups in total. The summed E-state index contributed by atoms with van der Waals surface area (Å²) in [4.78, 5) is 23.4. The second kappa shape index (κ2) is 5.27. The Morgan fingerprint density at radius 2 is 2.00 bits per heavy atom. The molecule has 0 aromatic heterocycles. The van der Waals surface area contributed by atoms with Gasteiger partial charge in [0.15, 0.2) is 5.78 Å². The molecule has 2 unspecified atom stereocenters. The quantitative estimate of drug-likeness (QED) is 0.647. The van der Waals surface area contributed by atoms with Crippen molar-refractivity contribution in [3.05, 3.63) is 35.6 Å². The number of rotatable bonds is 3. The predicted molar refractivity (Wildman–Crippen MR) is 62.6 cm³/mol. The molecule has 1 heterocycles. The van der Waals surface area contributed by atoms with Crippen molar-refractivity contribution < 1.29 is 18.7 Å². The number of benzene rings is 1. The van der Waals surface area contributed by atoms with Gasteiger partial charge >= 0.3 is 5.97 Å². The zero-order valence-electron chi connectivity index (χ0n) is 9.98. The fourth-order valence-corrected chi connectivity index (χ4v) is 2.11. The van der Waals surface area contributed by atoms with Crippen molar-refractivity contribution in [1.29, 1.82) is 0 Å². The molecule has 0 bridgehead atoms. The topological polar surface area (TPSA) is 55.4 Å². The summed E-state index contributed by atoms with van der Waals surface area (Å²) in [6.45, 7) is 0.440. The first-order chi connectivity index (χ1) is 8.61. The highest BCUT2D eigenvalue weighted by Gasteiger charge is 2.34. The molecule has 4 nitrogen and oxygen atoms in total. The van der Waals surface area contributed by atoms with Gasteiger partial charge in [-0.3, -0.25) is 9.59 Å². The van der Waals surface area contributed by atoms with Crippen LogP contribution in [0.15, 0.2) is 24.3 Å². The Bertz CT molecular complexity index is 458. The third-order valence-electron chi connectivity index (χ3n) is 3.12. The highest BCUT2D eigenvalue weighted by atomic mass is 19.1. The molecule has 0 amide bonds. The van der Waals surface area contributed by atoms with Crippen LogP contribution >= 0.6 is 0 Å². The number of halogens is 1. The van der Waals surface area contributed by atoms with Gasteiger partial charge < -0.3 is 10.1 Å². The van der Waals surface area contributed by atoms with E-state index in [1.54, 1.807) is 0 Å². The molecule has 18 heavy (non-hydrogen) atoms. The Labute approximate surface area is 104 Å². The zero-order chi connectivity index (χ0) is 13.1. The SMILES string of the molecule is COC(=O)C1CC(C(=O)c2ccc(F)cc2)CN1. The maximum absolute atomic E-state index is 12.8. The molecule has 1 saturated heterocycles. The van der Waals surface area contributed by atoms with Gasteiger partial charge in [0.25, 0.3) is 0 Å². The molecule has 1 aromatic rings. The average Bonchev–Trinajstić information content (AvgIpc) is 2.87. The smallest absolute Gasteiger partial charge is 0.322 e. The van der Waals surface area contributed by atoms with Gasteiger partial charge in [0.05, 0.1) is 7.11 Å². The van der Waals surface area contributed by atoms with E-state index < -0.39 is 6.04 Å². The Morgan fingerprint density at radius 3 is 2.61 bits per heavy atom. The third kappa shape index (κ3) is 2.56. The van der Waals surface area contributed by atoms with E-state index in [-0.39, 0.29) is 23.5 Å². The second-order valence-electron chi connectivity index (χ2n) is 4.29. The van der Waals surface area contributed by atoms with Gasteiger partial charge in [-0.25, -0.2) is 4.39 Å². The van der Waals surface area contributed by atoms with E-state index in [4.69, 9.17) is 0 Å². The van der Waals surface area contributed by atoms with E-state index in [9.17, 15) is 14.0 Å². The van der Waals surface area contributed by atoms with Crippen LogP contribution in [0.4, 0.5) is 4.39 Å². The van der Waals surface area contributed by atoms with Gasteiger partial charge in [-0.1, -0.05) is 0 Å². The van der Waals surface area contributed by atoms with Gasteiger partial charge in [0, 0.05) is 18.0 Å². The fraction of sp³-hybridized carbons (Fsp3) is 0.385. The average molecular weight is 251 g/mol. The molecule has 1 aromatic carbocycles. The van der Waals surface area contributed by atoms with Crippen molar-refractivity contribution in [2.45, 2.75) is 12.5 Å². The van der Waals surface area contributed by atoms with Gasteiger partial charge in [-0.15, -0.1) is 0 Å². The summed E-state index contributed by atoms with van der Waals surface area (Å²) in [5, 5.41) is 2.95. The number of carbonyl (C=O) groups is 2. The van der Waals surface area contributed by atoms with E-state index in [0.717, 1.165) is 0 Å². The molecule has 0 spiro atoms. The van der Waals surface area contributed by atoms with Crippen LogP contribution < -0.4 is 5.32 Å². The summed E-state index contributed by atoms with van der Waals surface area (Å²) in [6, 6.07) is 5.01. The van der Waals surface area contributed by atoms with E-state index in [1.165, 1.54) is 31.4 Å². The van der Waals surface area contributed by atoms with Crippen LogP contribution in [0.1, 0.15) is 16.8 Å². The van der Waals surface area contributed by atoms with Crippen molar-refractivity contribution in [2.75, 3.05) is 13.7 Å². The number of esters is 1. The summed E-state index contributed by atoms with van der Waals surface area (Å²) in [7, 11) is 1.32. The molecule has 0 saturated carbocycles. The number of ketones is 1.